The first-order chi connectivity index (χ1) is 9.06. The van der Waals surface area contributed by atoms with Crippen molar-refractivity contribution in [3.8, 4) is 0 Å². The SMILES string of the molecule is CC(c1ccccc1)N1CC(OC(=O)CC(=N)N)C1. The highest BCUT2D eigenvalue weighted by Gasteiger charge is 2.33. The number of carbonyl (C=O) groups excluding carboxylic acids is 1. The summed E-state index contributed by atoms with van der Waals surface area (Å²) in [5.41, 5.74) is 6.41. The number of likely N-dealkylation sites (tertiary alicyclic amines) is 1. The summed E-state index contributed by atoms with van der Waals surface area (Å²) in [5, 5.41) is 7.03. The van der Waals surface area contributed by atoms with Gasteiger partial charge in [0, 0.05) is 19.1 Å². The van der Waals surface area contributed by atoms with E-state index in [1.807, 2.05) is 18.2 Å². The van der Waals surface area contributed by atoms with Crippen LogP contribution in [0.3, 0.4) is 0 Å². The van der Waals surface area contributed by atoms with E-state index in [9.17, 15) is 4.79 Å². The van der Waals surface area contributed by atoms with Gasteiger partial charge in [0.15, 0.2) is 0 Å². The number of nitrogens with zero attached hydrogens (tertiary/aromatic N) is 1. The number of carbonyl (C=O) groups is 1. The zero-order valence-electron chi connectivity index (χ0n) is 11.0. The summed E-state index contributed by atoms with van der Waals surface area (Å²) in [7, 11) is 0. The summed E-state index contributed by atoms with van der Waals surface area (Å²) in [5.74, 6) is -0.566. The number of hydrogen-bond donors (Lipinski definition) is 2. The number of benzene rings is 1. The molecule has 5 nitrogen and oxygen atoms in total. The van der Waals surface area contributed by atoms with Crippen LogP contribution in [0.2, 0.25) is 0 Å². The van der Waals surface area contributed by atoms with Gasteiger partial charge in [-0.1, -0.05) is 30.3 Å². The van der Waals surface area contributed by atoms with Crippen molar-refractivity contribution in [2.24, 2.45) is 5.73 Å². The van der Waals surface area contributed by atoms with Gasteiger partial charge in [0.25, 0.3) is 0 Å². The molecule has 0 amide bonds. The molecule has 1 atom stereocenters. The van der Waals surface area contributed by atoms with Gasteiger partial charge in [-0.15, -0.1) is 0 Å². The monoisotopic (exact) mass is 261 g/mol. The van der Waals surface area contributed by atoms with E-state index in [1.54, 1.807) is 0 Å². The molecule has 19 heavy (non-hydrogen) atoms. The quantitative estimate of drug-likeness (QED) is 0.475. The summed E-state index contributed by atoms with van der Waals surface area (Å²) < 4.78 is 5.21. The standard InChI is InChI=1S/C14H19N3O2/c1-10(11-5-3-2-4-6-11)17-8-12(9-17)19-14(18)7-13(15)16/h2-6,10,12H,7-9H2,1H3,(H3,15,16). The van der Waals surface area contributed by atoms with Crippen molar-refractivity contribution in [3.63, 3.8) is 0 Å². The molecule has 1 unspecified atom stereocenters. The second kappa shape index (κ2) is 5.84. The van der Waals surface area contributed by atoms with Crippen molar-refractivity contribution in [1.29, 1.82) is 5.41 Å². The third-order valence-corrected chi connectivity index (χ3v) is 3.34. The first kappa shape index (κ1) is 13.5. The van der Waals surface area contributed by atoms with Gasteiger partial charge in [0.1, 0.15) is 18.4 Å². The van der Waals surface area contributed by atoms with Crippen LogP contribution in [-0.2, 0) is 9.53 Å². The van der Waals surface area contributed by atoms with Crippen LogP contribution in [0.15, 0.2) is 30.3 Å². The fraction of sp³-hybridized carbons (Fsp3) is 0.429. The number of amidine groups is 1. The summed E-state index contributed by atoms with van der Waals surface area (Å²) in [6.45, 7) is 3.61. The molecule has 1 aliphatic rings. The Morgan fingerprint density at radius 1 is 1.47 bits per heavy atom. The Morgan fingerprint density at radius 3 is 2.68 bits per heavy atom. The lowest BCUT2D eigenvalue weighted by atomic mass is 10.0. The van der Waals surface area contributed by atoms with Crippen molar-refractivity contribution in [1.82, 2.24) is 4.90 Å². The average molecular weight is 261 g/mol. The number of rotatable bonds is 5. The Balaban J connectivity index is 1.77. The number of hydrogen-bond acceptors (Lipinski definition) is 4. The Labute approximate surface area is 112 Å². The highest BCUT2D eigenvalue weighted by molar-refractivity contribution is 5.94. The minimum absolute atomic E-state index is 0.0713. The normalized spacial score (nSPS) is 17.5. The number of nitrogens with one attached hydrogen (secondary N) is 1. The van der Waals surface area contributed by atoms with Crippen LogP contribution >= 0.6 is 0 Å². The molecular formula is C14H19N3O2. The maximum Gasteiger partial charge on any atom is 0.313 e. The third-order valence-electron chi connectivity index (χ3n) is 3.34. The maximum atomic E-state index is 11.3. The van der Waals surface area contributed by atoms with Crippen LogP contribution in [0.25, 0.3) is 0 Å². The molecule has 0 radical (unpaired) electrons. The predicted molar refractivity (Wildman–Crippen MR) is 72.8 cm³/mol. The second-order valence-corrected chi connectivity index (χ2v) is 4.85. The molecule has 1 aromatic rings. The van der Waals surface area contributed by atoms with Gasteiger partial charge < -0.3 is 10.5 Å². The molecule has 1 fully saturated rings. The summed E-state index contributed by atoms with van der Waals surface area (Å²) in [6.07, 6.45) is -0.192. The highest BCUT2D eigenvalue weighted by Crippen LogP contribution is 2.26. The van der Waals surface area contributed by atoms with E-state index in [0.717, 1.165) is 13.1 Å². The van der Waals surface area contributed by atoms with Crippen molar-refractivity contribution in [2.75, 3.05) is 13.1 Å². The molecule has 0 aliphatic carbocycles. The van der Waals surface area contributed by atoms with Crippen molar-refractivity contribution in [2.45, 2.75) is 25.5 Å². The molecule has 1 aromatic carbocycles. The largest absolute Gasteiger partial charge is 0.459 e. The average Bonchev–Trinajstić information content (AvgIpc) is 2.32. The zero-order valence-corrected chi connectivity index (χ0v) is 11.0. The molecule has 0 spiro atoms. The summed E-state index contributed by atoms with van der Waals surface area (Å²) in [6, 6.07) is 10.6. The first-order valence-corrected chi connectivity index (χ1v) is 6.37. The minimum atomic E-state index is -0.412. The van der Waals surface area contributed by atoms with Gasteiger partial charge in [-0.25, -0.2) is 0 Å². The Bertz CT molecular complexity index is 455. The van der Waals surface area contributed by atoms with E-state index >= 15 is 0 Å². The molecule has 1 heterocycles. The van der Waals surface area contributed by atoms with Crippen LogP contribution in [0.1, 0.15) is 24.9 Å². The zero-order chi connectivity index (χ0) is 13.8. The van der Waals surface area contributed by atoms with Crippen molar-refractivity contribution < 1.29 is 9.53 Å². The predicted octanol–water partition coefficient (Wildman–Crippen LogP) is 1.30. The van der Waals surface area contributed by atoms with Crippen LogP contribution < -0.4 is 5.73 Å². The molecule has 102 valence electrons. The lowest BCUT2D eigenvalue weighted by molar-refractivity contribution is -0.157. The molecule has 0 aromatic heterocycles. The van der Waals surface area contributed by atoms with Crippen LogP contribution in [-0.4, -0.2) is 35.9 Å². The van der Waals surface area contributed by atoms with Gasteiger partial charge in [-0.05, 0) is 12.5 Å². The summed E-state index contributed by atoms with van der Waals surface area (Å²) >= 11 is 0. The Morgan fingerprint density at radius 2 is 2.11 bits per heavy atom. The lowest BCUT2D eigenvalue weighted by Crippen LogP contribution is -2.53. The van der Waals surface area contributed by atoms with Gasteiger partial charge >= 0.3 is 5.97 Å². The summed E-state index contributed by atoms with van der Waals surface area (Å²) in [4.78, 5) is 13.6. The second-order valence-electron chi connectivity index (χ2n) is 4.85. The van der Waals surface area contributed by atoms with E-state index < -0.39 is 5.97 Å². The number of ether oxygens (including phenoxy) is 1. The Kier molecular flexibility index (Phi) is 4.16. The fourth-order valence-electron chi connectivity index (χ4n) is 2.19. The van der Waals surface area contributed by atoms with Crippen molar-refractivity contribution in [3.05, 3.63) is 35.9 Å². The fourth-order valence-corrected chi connectivity index (χ4v) is 2.19. The molecule has 2 rings (SSSR count). The molecule has 1 saturated heterocycles. The molecule has 0 bridgehead atoms. The third kappa shape index (κ3) is 3.54. The van der Waals surface area contributed by atoms with Crippen LogP contribution in [0.5, 0.6) is 0 Å². The minimum Gasteiger partial charge on any atom is -0.459 e. The molecule has 3 N–H and O–H groups in total. The lowest BCUT2D eigenvalue weighted by Gasteiger charge is -2.42. The van der Waals surface area contributed by atoms with E-state index in [1.165, 1.54) is 5.56 Å². The highest BCUT2D eigenvalue weighted by atomic mass is 16.5. The van der Waals surface area contributed by atoms with E-state index in [4.69, 9.17) is 15.9 Å². The number of nitrogens with two attached hydrogens (primary N) is 1. The molecular weight excluding hydrogens is 242 g/mol. The van der Waals surface area contributed by atoms with Crippen LogP contribution in [0.4, 0.5) is 0 Å². The number of esters is 1. The molecule has 5 heteroatoms. The van der Waals surface area contributed by atoms with Gasteiger partial charge in [-0.3, -0.25) is 15.1 Å². The molecule has 0 saturated carbocycles. The van der Waals surface area contributed by atoms with Gasteiger partial charge in [0.05, 0.1) is 0 Å². The van der Waals surface area contributed by atoms with E-state index in [2.05, 4.69) is 24.0 Å². The van der Waals surface area contributed by atoms with E-state index in [-0.39, 0.29) is 18.4 Å². The van der Waals surface area contributed by atoms with Gasteiger partial charge in [-0.2, -0.15) is 0 Å². The maximum absolute atomic E-state index is 11.3. The smallest absolute Gasteiger partial charge is 0.313 e. The van der Waals surface area contributed by atoms with Gasteiger partial charge in [0.2, 0.25) is 0 Å². The van der Waals surface area contributed by atoms with Crippen LogP contribution in [0, 0.1) is 5.41 Å². The van der Waals surface area contributed by atoms with E-state index in [0.29, 0.717) is 6.04 Å². The molecule has 1 aliphatic heterocycles. The first-order valence-electron chi connectivity index (χ1n) is 6.37. The van der Waals surface area contributed by atoms with Crippen molar-refractivity contribution >= 4 is 11.8 Å². The topological polar surface area (TPSA) is 79.4 Å². The Hall–Kier alpha value is -1.88.